The topological polar surface area (TPSA) is 114 Å². The lowest BCUT2D eigenvalue weighted by molar-refractivity contribution is -0.116. The molecule has 3 N–H and O–H groups in total. The van der Waals surface area contributed by atoms with E-state index < -0.39 is 6.04 Å². The quantitative estimate of drug-likeness (QED) is 0.416. The molecule has 3 atom stereocenters. The molecule has 0 bridgehead atoms. The van der Waals surface area contributed by atoms with Crippen LogP contribution in [0.1, 0.15) is 69.2 Å². The van der Waals surface area contributed by atoms with Crippen molar-refractivity contribution in [2.75, 3.05) is 52.7 Å². The minimum atomic E-state index is -0.400. The highest BCUT2D eigenvalue weighted by atomic mass is 16.5. The Kier molecular flexibility index (Phi) is 11.4. The Labute approximate surface area is 233 Å². The average molecular weight is 546 g/mol. The number of nitrogens with zero attached hydrogens (tertiary/aromatic N) is 3. The summed E-state index contributed by atoms with van der Waals surface area (Å²) in [4.78, 5) is 44.4. The average Bonchev–Trinajstić information content (AvgIpc) is 2.90. The van der Waals surface area contributed by atoms with Crippen LogP contribution in [-0.4, -0.2) is 103 Å². The zero-order valence-electron chi connectivity index (χ0n) is 24.2. The largest absolute Gasteiger partial charge is 0.487 e. The molecule has 0 aromatic heterocycles. The predicted molar refractivity (Wildman–Crippen MR) is 152 cm³/mol. The van der Waals surface area contributed by atoms with Gasteiger partial charge in [0, 0.05) is 37.7 Å². The summed E-state index contributed by atoms with van der Waals surface area (Å²) in [7, 11) is 5.70. The molecular weight excluding hydrogens is 498 g/mol. The predicted octanol–water partition coefficient (Wildman–Crippen LogP) is 3.16. The molecule has 1 saturated carbocycles. The number of anilines is 1. The van der Waals surface area contributed by atoms with Crippen molar-refractivity contribution in [2.24, 2.45) is 5.92 Å². The molecule has 1 heterocycles. The van der Waals surface area contributed by atoms with Gasteiger partial charge < -0.3 is 35.2 Å². The lowest BCUT2D eigenvalue weighted by Gasteiger charge is -2.38. The van der Waals surface area contributed by atoms with Crippen molar-refractivity contribution < 1.29 is 24.2 Å². The maximum atomic E-state index is 13.6. The molecule has 39 heavy (non-hydrogen) atoms. The smallest absolute Gasteiger partial charge is 0.317 e. The first kappa shape index (κ1) is 30.7. The molecule has 2 aliphatic rings. The van der Waals surface area contributed by atoms with Gasteiger partial charge in [-0.15, -0.1) is 0 Å². The maximum absolute atomic E-state index is 13.6. The number of nitrogens with one attached hydrogen (secondary N) is 2. The second-order valence-electron chi connectivity index (χ2n) is 11.5. The van der Waals surface area contributed by atoms with Crippen molar-refractivity contribution in [3.05, 3.63) is 23.8 Å². The first-order valence-electron chi connectivity index (χ1n) is 14.3. The third kappa shape index (κ3) is 8.83. The lowest BCUT2D eigenvalue weighted by atomic mass is 9.96. The Balaban J connectivity index is 1.78. The normalized spacial score (nSPS) is 20.9. The highest BCUT2D eigenvalue weighted by molar-refractivity contribution is 5.99. The number of amides is 4. The zero-order chi connectivity index (χ0) is 28.5. The molecule has 218 valence electrons. The molecule has 10 nitrogen and oxygen atoms in total. The molecule has 0 radical (unpaired) electrons. The number of likely N-dealkylation sites (N-methyl/N-ethyl adjacent to an activating group) is 1. The molecule has 4 amide bonds. The fourth-order valence-corrected chi connectivity index (χ4v) is 5.18. The molecule has 1 fully saturated rings. The van der Waals surface area contributed by atoms with Crippen LogP contribution in [0.4, 0.5) is 10.5 Å². The van der Waals surface area contributed by atoms with Crippen molar-refractivity contribution in [2.45, 2.75) is 77.0 Å². The molecule has 0 unspecified atom stereocenters. The molecule has 0 saturated heterocycles. The number of carbonyl (C=O) groups is 3. The molecular formula is C29H47N5O5. The zero-order valence-corrected chi connectivity index (χ0v) is 24.2. The number of hydrogen-bond donors (Lipinski definition) is 3. The van der Waals surface area contributed by atoms with Crippen LogP contribution < -0.4 is 15.4 Å². The monoisotopic (exact) mass is 545 g/mol. The van der Waals surface area contributed by atoms with Gasteiger partial charge in [-0.25, -0.2) is 4.79 Å². The van der Waals surface area contributed by atoms with Crippen molar-refractivity contribution in [3.63, 3.8) is 0 Å². The SMILES string of the molecule is C[C@@H]1CN([C@@H](C)CO)C(=O)c2cc(NC(=O)CCCN(C)C)ccc2O[C@H]1CN(C)C(=O)NC1CCCCC1. The van der Waals surface area contributed by atoms with Gasteiger partial charge >= 0.3 is 6.03 Å². The van der Waals surface area contributed by atoms with Crippen LogP contribution >= 0.6 is 0 Å². The number of carbonyl (C=O) groups excluding carboxylic acids is 3. The first-order valence-corrected chi connectivity index (χ1v) is 14.3. The summed E-state index contributed by atoms with van der Waals surface area (Å²) in [5, 5.41) is 15.9. The lowest BCUT2D eigenvalue weighted by Crippen LogP contribution is -2.52. The van der Waals surface area contributed by atoms with Crippen LogP contribution in [0.15, 0.2) is 18.2 Å². The fraction of sp³-hybridized carbons (Fsp3) is 0.690. The van der Waals surface area contributed by atoms with E-state index in [1.165, 1.54) is 6.42 Å². The van der Waals surface area contributed by atoms with Crippen molar-refractivity contribution in [1.29, 1.82) is 0 Å². The Morgan fingerprint density at radius 2 is 1.90 bits per heavy atom. The van der Waals surface area contributed by atoms with Gasteiger partial charge in [-0.3, -0.25) is 9.59 Å². The van der Waals surface area contributed by atoms with Crippen molar-refractivity contribution in [3.8, 4) is 5.75 Å². The summed E-state index contributed by atoms with van der Waals surface area (Å²) >= 11 is 0. The Morgan fingerprint density at radius 1 is 1.18 bits per heavy atom. The number of aliphatic hydroxyl groups excluding tert-OH is 1. The third-order valence-corrected chi connectivity index (χ3v) is 7.69. The van der Waals surface area contributed by atoms with Gasteiger partial charge in [0.1, 0.15) is 11.9 Å². The highest BCUT2D eigenvalue weighted by Crippen LogP contribution is 2.31. The van der Waals surface area contributed by atoms with Gasteiger partial charge in [-0.2, -0.15) is 0 Å². The standard InChI is InChI=1S/C29H47N5O5/c1-20-17-34(21(2)19-35)28(37)24-16-23(30-27(36)12-9-15-32(3)4)13-14-25(24)39-26(20)18-33(5)29(38)31-22-10-7-6-8-11-22/h13-14,16,20-22,26,35H,6-12,15,17-19H2,1-5H3,(H,30,36)(H,31,38)/t20-,21+,26+/m1/s1. The summed E-state index contributed by atoms with van der Waals surface area (Å²) in [6, 6.07) is 4.77. The molecule has 0 spiro atoms. The molecule has 1 aromatic rings. The molecule has 3 rings (SSSR count). The van der Waals surface area contributed by atoms with E-state index in [9.17, 15) is 19.5 Å². The minimum absolute atomic E-state index is 0.0999. The summed E-state index contributed by atoms with van der Waals surface area (Å²) in [5.74, 6) is -0.0758. The van der Waals surface area contributed by atoms with Crippen molar-refractivity contribution in [1.82, 2.24) is 20.0 Å². The van der Waals surface area contributed by atoms with Gasteiger partial charge in [0.05, 0.1) is 24.8 Å². The molecule has 10 heteroatoms. The van der Waals surface area contributed by atoms with Gasteiger partial charge in [0.15, 0.2) is 0 Å². The van der Waals surface area contributed by atoms with Gasteiger partial charge in [0.25, 0.3) is 5.91 Å². The van der Waals surface area contributed by atoms with Crippen LogP contribution in [0.2, 0.25) is 0 Å². The van der Waals surface area contributed by atoms with E-state index >= 15 is 0 Å². The summed E-state index contributed by atoms with van der Waals surface area (Å²) < 4.78 is 6.39. The van der Waals surface area contributed by atoms with Crippen LogP contribution in [0.25, 0.3) is 0 Å². The second kappa shape index (κ2) is 14.5. The van der Waals surface area contributed by atoms with Gasteiger partial charge in [-0.05, 0) is 65.0 Å². The van der Waals surface area contributed by atoms with Crippen molar-refractivity contribution >= 4 is 23.5 Å². The maximum Gasteiger partial charge on any atom is 0.317 e. The summed E-state index contributed by atoms with van der Waals surface area (Å²) in [5.41, 5.74) is 0.846. The van der Waals surface area contributed by atoms with Crippen LogP contribution in [0.3, 0.4) is 0 Å². The van der Waals surface area contributed by atoms with Gasteiger partial charge in [-0.1, -0.05) is 26.2 Å². The van der Waals surface area contributed by atoms with E-state index in [4.69, 9.17) is 4.74 Å². The number of benzene rings is 1. The summed E-state index contributed by atoms with van der Waals surface area (Å²) in [6.45, 7) is 5.15. The van der Waals surface area contributed by atoms with Crippen LogP contribution in [0.5, 0.6) is 5.75 Å². The highest BCUT2D eigenvalue weighted by Gasteiger charge is 2.34. The number of urea groups is 1. The second-order valence-corrected chi connectivity index (χ2v) is 11.5. The Morgan fingerprint density at radius 3 is 2.56 bits per heavy atom. The minimum Gasteiger partial charge on any atom is -0.487 e. The van der Waals surface area contributed by atoms with E-state index in [-0.39, 0.29) is 42.5 Å². The van der Waals surface area contributed by atoms with E-state index in [1.807, 2.05) is 32.8 Å². The third-order valence-electron chi connectivity index (χ3n) is 7.69. The van der Waals surface area contributed by atoms with Crippen LogP contribution in [-0.2, 0) is 4.79 Å². The number of aliphatic hydroxyl groups is 1. The molecule has 1 aliphatic carbocycles. The Bertz CT molecular complexity index is 981. The fourth-order valence-electron chi connectivity index (χ4n) is 5.18. The van der Waals surface area contributed by atoms with E-state index in [0.29, 0.717) is 36.5 Å². The summed E-state index contributed by atoms with van der Waals surface area (Å²) in [6.07, 6.45) is 6.25. The Hall–Kier alpha value is -2.85. The van der Waals surface area contributed by atoms with Gasteiger partial charge in [0.2, 0.25) is 5.91 Å². The number of ether oxygens (including phenoxy) is 1. The number of hydrogen-bond acceptors (Lipinski definition) is 6. The molecule has 1 aromatic carbocycles. The molecule has 1 aliphatic heterocycles. The van der Waals surface area contributed by atoms with Crippen LogP contribution in [0, 0.1) is 5.92 Å². The van der Waals surface area contributed by atoms with E-state index in [1.54, 1.807) is 35.0 Å². The number of rotatable bonds is 10. The number of fused-ring (bicyclic) bond motifs is 1. The first-order chi connectivity index (χ1) is 18.6. The van der Waals surface area contributed by atoms with E-state index in [2.05, 4.69) is 10.6 Å². The van der Waals surface area contributed by atoms with E-state index in [0.717, 1.165) is 38.6 Å².